The number of aromatic amines is 1. The van der Waals surface area contributed by atoms with Gasteiger partial charge in [-0.1, -0.05) is 42.5 Å². The van der Waals surface area contributed by atoms with E-state index >= 15 is 0 Å². The van der Waals surface area contributed by atoms with Crippen LogP contribution >= 0.6 is 0 Å². The molecule has 4 aromatic rings. The van der Waals surface area contributed by atoms with Gasteiger partial charge in [0.1, 0.15) is 18.2 Å². The van der Waals surface area contributed by atoms with Crippen molar-refractivity contribution in [1.82, 2.24) is 15.3 Å². The lowest BCUT2D eigenvalue weighted by atomic mass is 10.1. The number of halogens is 1. The fraction of sp³-hybridized carbons (Fsp3) is 0.208. The largest absolute Gasteiger partial charge is 0.493 e. The summed E-state index contributed by atoms with van der Waals surface area (Å²) in [5.74, 6) is 1.92. The molecule has 0 aliphatic carbocycles. The second kappa shape index (κ2) is 9.41. The topological polar surface area (TPSA) is 59.2 Å². The molecule has 0 aliphatic heterocycles. The molecule has 1 heterocycles. The molecule has 0 aliphatic rings. The molecular weight excluding hydrogens is 381 g/mol. The van der Waals surface area contributed by atoms with Gasteiger partial charge in [0.25, 0.3) is 0 Å². The summed E-state index contributed by atoms with van der Waals surface area (Å²) in [6, 6.07) is 20.4. The normalized spacial score (nSPS) is 11.0. The molecule has 3 aromatic carbocycles. The van der Waals surface area contributed by atoms with Crippen molar-refractivity contribution in [2.45, 2.75) is 19.6 Å². The third kappa shape index (κ3) is 4.60. The SMILES string of the molecule is COc1cccc(CNCCc2nc3ccccc3[nH]2)c1OCc1ccccc1F. The smallest absolute Gasteiger partial charge is 0.166 e. The minimum atomic E-state index is -0.280. The Kier molecular flexibility index (Phi) is 6.25. The average molecular weight is 405 g/mol. The fourth-order valence-electron chi connectivity index (χ4n) is 3.34. The summed E-state index contributed by atoms with van der Waals surface area (Å²) in [5.41, 5.74) is 3.48. The average Bonchev–Trinajstić information content (AvgIpc) is 3.19. The first-order chi connectivity index (χ1) is 14.7. The molecule has 0 saturated carbocycles. The van der Waals surface area contributed by atoms with E-state index in [1.807, 2.05) is 42.5 Å². The molecule has 154 valence electrons. The molecule has 5 nitrogen and oxygen atoms in total. The van der Waals surface area contributed by atoms with E-state index in [2.05, 4.69) is 15.3 Å². The van der Waals surface area contributed by atoms with Crippen LogP contribution in [-0.4, -0.2) is 23.6 Å². The highest BCUT2D eigenvalue weighted by Crippen LogP contribution is 2.32. The van der Waals surface area contributed by atoms with E-state index < -0.39 is 0 Å². The van der Waals surface area contributed by atoms with Gasteiger partial charge in [0.05, 0.1) is 18.1 Å². The number of benzene rings is 3. The number of nitrogens with zero attached hydrogens (tertiary/aromatic N) is 1. The van der Waals surface area contributed by atoms with E-state index in [1.54, 1.807) is 25.3 Å². The molecule has 0 bridgehead atoms. The number of hydrogen-bond donors (Lipinski definition) is 2. The summed E-state index contributed by atoms with van der Waals surface area (Å²) in [4.78, 5) is 7.93. The maximum atomic E-state index is 13.9. The van der Waals surface area contributed by atoms with Gasteiger partial charge in [-0.3, -0.25) is 0 Å². The van der Waals surface area contributed by atoms with Crippen molar-refractivity contribution in [3.8, 4) is 11.5 Å². The Bertz CT molecular complexity index is 1090. The van der Waals surface area contributed by atoms with Gasteiger partial charge in [-0.25, -0.2) is 9.37 Å². The molecule has 0 atom stereocenters. The summed E-state index contributed by atoms with van der Waals surface area (Å²) < 4.78 is 25.3. The zero-order valence-corrected chi connectivity index (χ0v) is 16.8. The quantitative estimate of drug-likeness (QED) is 0.399. The molecule has 2 N–H and O–H groups in total. The number of ether oxygens (including phenoxy) is 2. The summed E-state index contributed by atoms with van der Waals surface area (Å²) in [6.45, 7) is 1.49. The number of rotatable bonds is 9. The van der Waals surface area contributed by atoms with E-state index in [4.69, 9.17) is 9.47 Å². The highest BCUT2D eigenvalue weighted by Gasteiger charge is 2.12. The van der Waals surface area contributed by atoms with Crippen LogP contribution < -0.4 is 14.8 Å². The molecule has 30 heavy (non-hydrogen) atoms. The number of H-pyrrole nitrogens is 1. The van der Waals surface area contributed by atoms with Crippen LogP contribution in [0.2, 0.25) is 0 Å². The third-order valence-electron chi connectivity index (χ3n) is 4.90. The van der Waals surface area contributed by atoms with Gasteiger partial charge in [-0.15, -0.1) is 0 Å². The van der Waals surface area contributed by atoms with E-state index in [9.17, 15) is 4.39 Å². The molecule has 0 saturated heterocycles. The van der Waals surface area contributed by atoms with Crippen LogP contribution in [0.15, 0.2) is 66.7 Å². The van der Waals surface area contributed by atoms with Gasteiger partial charge >= 0.3 is 0 Å². The highest BCUT2D eigenvalue weighted by molar-refractivity contribution is 5.74. The molecule has 4 rings (SSSR count). The van der Waals surface area contributed by atoms with Crippen molar-refractivity contribution in [3.05, 3.63) is 89.5 Å². The number of aromatic nitrogens is 2. The van der Waals surface area contributed by atoms with Crippen molar-refractivity contribution in [2.24, 2.45) is 0 Å². The van der Waals surface area contributed by atoms with Crippen molar-refractivity contribution >= 4 is 11.0 Å². The highest BCUT2D eigenvalue weighted by atomic mass is 19.1. The Morgan fingerprint density at radius 3 is 2.60 bits per heavy atom. The lowest BCUT2D eigenvalue weighted by Gasteiger charge is -2.16. The Balaban J connectivity index is 1.38. The number of fused-ring (bicyclic) bond motifs is 1. The number of para-hydroxylation sites is 3. The van der Waals surface area contributed by atoms with Crippen molar-refractivity contribution in [3.63, 3.8) is 0 Å². The summed E-state index contributed by atoms with van der Waals surface area (Å²) >= 11 is 0. The maximum absolute atomic E-state index is 13.9. The van der Waals surface area contributed by atoms with E-state index in [0.29, 0.717) is 23.6 Å². The maximum Gasteiger partial charge on any atom is 0.166 e. The molecule has 0 radical (unpaired) electrons. The van der Waals surface area contributed by atoms with Gasteiger partial charge < -0.3 is 19.8 Å². The van der Waals surface area contributed by atoms with Crippen molar-refractivity contribution in [1.29, 1.82) is 0 Å². The Morgan fingerprint density at radius 1 is 0.967 bits per heavy atom. The van der Waals surface area contributed by atoms with Gasteiger partial charge in [0.15, 0.2) is 11.5 Å². The summed E-state index contributed by atoms with van der Waals surface area (Å²) in [7, 11) is 1.60. The lowest BCUT2D eigenvalue weighted by molar-refractivity contribution is 0.276. The molecule has 0 amide bonds. The molecule has 0 unspecified atom stereocenters. The summed E-state index contributed by atoms with van der Waals surface area (Å²) in [5, 5.41) is 3.43. The van der Waals surface area contributed by atoms with Gasteiger partial charge in [-0.2, -0.15) is 0 Å². The third-order valence-corrected chi connectivity index (χ3v) is 4.90. The Morgan fingerprint density at radius 2 is 1.77 bits per heavy atom. The lowest BCUT2D eigenvalue weighted by Crippen LogP contribution is -2.18. The van der Waals surface area contributed by atoms with Crippen LogP contribution in [0.5, 0.6) is 11.5 Å². The second-order valence-electron chi connectivity index (χ2n) is 6.96. The first-order valence-electron chi connectivity index (χ1n) is 9.91. The van der Waals surface area contributed by atoms with E-state index in [-0.39, 0.29) is 12.4 Å². The van der Waals surface area contributed by atoms with Crippen LogP contribution in [0.3, 0.4) is 0 Å². The number of methoxy groups -OCH3 is 1. The number of imidazole rings is 1. The minimum absolute atomic E-state index is 0.138. The van der Waals surface area contributed by atoms with Crippen LogP contribution in [-0.2, 0) is 19.6 Å². The number of nitrogens with one attached hydrogen (secondary N) is 2. The standard InChI is InChI=1S/C24H24FN3O2/c1-29-22-12-6-8-17(24(22)30-16-18-7-2-3-9-19(18)25)15-26-14-13-23-27-20-10-4-5-11-21(20)28-23/h2-12,26H,13-16H2,1H3,(H,27,28). The van der Waals surface area contributed by atoms with Gasteiger partial charge in [0.2, 0.25) is 0 Å². The molecule has 0 fully saturated rings. The van der Waals surface area contributed by atoms with Crippen LogP contribution in [0.4, 0.5) is 4.39 Å². The second-order valence-corrected chi connectivity index (χ2v) is 6.96. The fourth-order valence-corrected chi connectivity index (χ4v) is 3.34. The molecular formula is C24H24FN3O2. The van der Waals surface area contributed by atoms with Gasteiger partial charge in [-0.05, 0) is 24.3 Å². The number of hydrogen-bond acceptors (Lipinski definition) is 4. The Hall–Kier alpha value is -3.38. The van der Waals surface area contributed by atoms with Crippen molar-refractivity contribution in [2.75, 3.05) is 13.7 Å². The predicted molar refractivity (Wildman–Crippen MR) is 115 cm³/mol. The molecule has 6 heteroatoms. The van der Waals surface area contributed by atoms with Crippen LogP contribution in [0, 0.1) is 5.82 Å². The Labute approximate surface area is 174 Å². The van der Waals surface area contributed by atoms with Crippen LogP contribution in [0.1, 0.15) is 17.0 Å². The first-order valence-corrected chi connectivity index (χ1v) is 9.91. The predicted octanol–water partition coefficient (Wildman–Crippen LogP) is 4.62. The van der Waals surface area contributed by atoms with Crippen molar-refractivity contribution < 1.29 is 13.9 Å². The monoisotopic (exact) mass is 405 g/mol. The zero-order valence-electron chi connectivity index (χ0n) is 16.8. The zero-order chi connectivity index (χ0) is 20.8. The summed E-state index contributed by atoms with van der Waals surface area (Å²) in [6.07, 6.45) is 0.782. The molecule has 0 spiro atoms. The van der Waals surface area contributed by atoms with Gasteiger partial charge in [0, 0.05) is 30.6 Å². The van der Waals surface area contributed by atoms with E-state index in [1.165, 1.54) is 6.07 Å². The van der Waals surface area contributed by atoms with Crippen LogP contribution in [0.25, 0.3) is 11.0 Å². The van der Waals surface area contributed by atoms with E-state index in [0.717, 1.165) is 35.4 Å². The first kappa shape index (κ1) is 19.9. The minimum Gasteiger partial charge on any atom is -0.493 e. The molecule has 1 aromatic heterocycles.